The lowest BCUT2D eigenvalue weighted by Crippen LogP contribution is -2.21. The fraction of sp³-hybridized carbons (Fsp3) is 0.308. The Morgan fingerprint density at radius 3 is 2.03 bits per heavy atom. The number of H-pyrrole nitrogens is 1. The average Bonchev–Trinajstić information content (AvgIpc) is 3.22. The predicted octanol–water partition coefficient (Wildman–Crippen LogP) is 6.15. The van der Waals surface area contributed by atoms with Gasteiger partial charge in [0.2, 0.25) is 0 Å². The number of aromatic nitrogens is 3. The third-order valence-electron chi connectivity index (χ3n) is 5.63. The van der Waals surface area contributed by atoms with Crippen LogP contribution in [-0.2, 0) is 4.74 Å². The van der Waals surface area contributed by atoms with Crippen LogP contribution in [0.25, 0.3) is 21.7 Å². The summed E-state index contributed by atoms with van der Waals surface area (Å²) in [5.74, 6) is -0.386. The quantitative estimate of drug-likeness (QED) is 0.223. The Bertz CT molecular complexity index is 1480. The smallest absolute Gasteiger partial charge is 0.338 e. The maximum Gasteiger partial charge on any atom is 0.338 e. The van der Waals surface area contributed by atoms with Gasteiger partial charge in [0.15, 0.2) is 8.73 Å². The molecule has 2 aromatic heterocycles. The Morgan fingerprint density at radius 1 is 0.917 bits per heavy atom. The maximum absolute atomic E-state index is 13.1. The zero-order chi connectivity index (χ0) is 26.2. The zero-order valence-corrected chi connectivity index (χ0v) is 23.3. The van der Waals surface area contributed by atoms with Gasteiger partial charge >= 0.3 is 5.97 Å². The Balaban J connectivity index is 0.000000454. The summed E-state index contributed by atoms with van der Waals surface area (Å²) in [6.45, 7) is 12.2. The Kier molecular flexibility index (Phi) is 9.89. The van der Waals surface area contributed by atoms with E-state index in [1.165, 1.54) is 35.5 Å². The fourth-order valence-electron chi connectivity index (χ4n) is 3.66. The molecule has 0 spiro atoms. The van der Waals surface area contributed by atoms with E-state index in [0.717, 1.165) is 5.69 Å². The van der Waals surface area contributed by atoms with E-state index in [1.54, 1.807) is 35.8 Å². The largest absolute Gasteiger partial charge is 0.462 e. The van der Waals surface area contributed by atoms with E-state index in [9.17, 15) is 9.59 Å². The highest BCUT2D eigenvalue weighted by atomic mass is 32.1. The second kappa shape index (κ2) is 12.9. The molecule has 2 heterocycles. The van der Waals surface area contributed by atoms with Gasteiger partial charge in [0.25, 0.3) is 5.56 Å². The molecule has 0 aliphatic rings. The first kappa shape index (κ1) is 27.7. The average molecular weight is 543 g/mol. The number of rotatable bonds is 7. The number of para-hydroxylation sites is 1. The van der Waals surface area contributed by atoms with E-state index >= 15 is 0 Å². The molecule has 190 valence electrons. The van der Waals surface area contributed by atoms with Crippen LogP contribution in [0.3, 0.4) is 0 Å². The number of aromatic amines is 1. The van der Waals surface area contributed by atoms with Crippen molar-refractivity contribution in [3.8, 4) is 11.4 Å². The molecule has 4 aromatic rings. The summed E-state index contributed by atoms with van der Waals surface area (Å²) in [5, 5.41) is 0. The van der Waals surface area contributed by atoms with E-state index < -0.39 is 0 Å². The Labute approximate surface area is 224 Å². The highest BCUT2D eigenvalue weighted by Crippen LogP contribution is 2.24. The number of benzene rings is 2. The fourth-order valence-corrected chi connectivity index (χ4v) is 5.27. The van der Waals surface area contributed by atoms with Crippen LogP contribution in [0.15, 0.2) is 59.4 Å². The molecule has 0 fully saturated rings. The SMILES string of the molecule is CCN(CC)CC.CCOC(=O)c1ccc(-n2c(=S)sc3c(=O)n(-c4ccccc4)c(=S)[nH]c32)cc1. The van der Waals surface area contributed by atoms with E-state index in [0.29, 0.717) is 32.2 Å². The van der Waals surface area contributed by atoms with Crippen molar-refractivity contribution in [3.05, 3.63) is 79.2 Å². The molecule has 0 atom stereocenters. The van der Waals surface area contributed by atoms with Gasteiger partial charge in [0.05, 0.1) is 17.9 Å². The van der Waals surface area contributed by atoms with Crippen molar-refractivity contribution < 1.29 is 9.53 Å². The molecule has 0 radical (unpaired) electrons. The second-order valence-corrected chi connectivity index (χ2v) is 9.71. The minimum atomic E-state index is -0.386. The number of thiazole rings is 1. The van der Waals surface area contributed by atoms with Crippen LogP contribution < -0.4 is 5.56 Å². The molecule has 0 aliphatic carbocycles. The van der Waals surface area contributed by atoms with E-state index in [4.69, 9.17) is 29.2 Å². The monoisotopic (exact) mass is 542 g/mol. The first-order valence-electron chi connectivity index (χ1n) is 11.8. The molecular formula is C26H30N4O3S3. The number of ether oxygens (including phenoxy) is 1. The summed E-state index contributed by atoms with van der Waals surface area (Å²) in [6.07, 6.45) is 0. The molecule has 7 nitrogen and oxygen atoms in total. The summed E-state index contributed by atoms with van der Waals surface area (Å²) in [5.41, 5.74) is 2.15. The van der Waals surface area contributed by atoms with Gasteiger partial charge in [-0.2, -0.15) is 0 Å². The van der Waals surface area contributed by atoms with Crippen molar-refractivity contribution in [2.24, 2.45) is 0 Å². The number of nitrogens with one attached hydrogen (secondary N) is 1. The van der Waals surface area contributed by atoms with Crippen LogP contribution in [0.4, 0.5) is 0 Å². The third kappa shape index (κ3) is 6.07. The van der Waals surface area contributed by atoms with Crippen LogP contribution in [-0.4, -0.2) is 51.2 Å². The van der Waals surface area contributed by atoms with Crippen molar-refractivity contribution in [3.63, 3.8) is 0 Å². The molecule has 36 heavy (non-hydrogen) atoms. The van der Waals surface area contributed by atoms with E-state index in [1.807, 2.05) is 30.3 Å². The van der Waals surface area contributed by atoms with Gasteiger partial charge in [0.1, 0.15) is 10.3 Å². The lowest BCUT2D eigenvalue weighted by Gasteiger charge is -2.13. The molecule has 0 amide bonds. The summed E-state index contributed by atoms with van der Waals surface area (Å²) < 4.78 is 9.46. The highest BCUT2D eigenvalue weighted by molar-refractivity contribution is 7.73. The van der Waals surface area contributed by atoms with Gasteiger partial charge in [-0.1, -0.05) is 50.3 Å². The van der Waals surface area contributed by atoms with Gasteiger partial charge in [-0.05, 0) is 87.4 Å². The van der Waals surface area contributed by atoms with Crippen molar-refractivity contribution >= 4 is 52.1 Å². The summed E-state index contributed by atoms with van der Waals surface area (Å²) in [4.78, 5) is 30.5. The van der Waals surface area contributed by atoms with Crippen LogP contribution in [0, 0.1) is 8.73 Å². The van der Waals surface area contributed by atoms with Gasteiger partial charge < -0.3 is 14.6 Å². The van der Waals surface area contributed by atoms with Gasteiger partial charge in [-0.3, -0.25) is 13.9 Å². The van der Waals surface area contributed by atoms with Crippen molar-refractivity contribution in [2.45, 2.75) is 27.7 Å². The molecule has 10 heteroatoms. The van der Waals surface area contributed by atoms with Crippen molar-refractivity contribution in [1.29, 1.82) is 0 Å². The number of carbonyl (C=O) groups excluding carboxylic acids is 1. The topological polar surface area (TPSA) is 72.3 Å². The lowest BCUT2D eigenvalue weighted by molar-refractivity contribution is 0.0526. The van der Waals surface area contributed by atoms with Gasteiger partial charge in [-0.25, -0.2) is 4.79 Å². The molecule has 2 aromatic carbocycles. The van der Waals surface area contributed by atoms with E-state index in [2.05, 4.69) is 30.7 Å². The van der Waals surface area contributed by atoms with Crippen LogP contribution in [0.1, 0.15) is 38.1 Å². The number of nitrogens with zero attached hydrogens (tertiary/aromatic N) is 3. The first-order chi connectivity index (χ1) is 17.4. The molecule has 0 aliphatic heterocycles. The zero-order valence-electron chi connectivity index (χ0n) is 20.8. The maximum atomic E-state index is 13.1. The molecule has 0 unspecified atom stereocenters. The molecule has 4 rings (SSSR count). The molecule has 0 bridgehead atoms. The second-order valence-electron chi connectivity index (χ2n) is 7.67. The Morgan fingerprint density at radius 2 is 1.50 bits per heavy atom. The molecule has 1 N–H and O–H groups in total. The van der Waals surface area contributed by atoms with Gasteiger partial charge in [-0.15, -0.1) is 0 Å². The standard InChI is InChI=1S/C20H15N3O3S3.C6H15N/c1-2-26-18(25)12-8-10-14(11-9-12)22-16-15(29-20(22)28)17(24)23(19(27)21-16)13-6-4-3-5-7-13;1-4-7(5-2)6-3/h3-11H,2H2,1H3,(H,21,27);4-6H2,1-3H3. The molecule has 0 saturated heterocycles. The first-order valence-corrected chi connectivity index (χ1v) is 13.5. The van der Waals surface area contributed by atoms with Gasteiger partial charge in [0, 0.05) is 5.69 Å². The van der Waals surface area contributed by atoms with Crippen LogP contribution in [0.2, 0.25) is 0 Å². The van der Waals surface area contributed by atoms with Crippen molar-refractivity contribution in [1.82, 2.24) is 19.0 Å². The summed E-state index contributed by atoms with van der Waals surface area (Å²) >= 11 is 12.2. The normalized spacial score (nSPS) is 10.8. The summed E-state index contributed by atoms with van der Waals surface area (Å²) in [6, 6.07) is 16.1. The minimum absolute atomic E-state index is 0.229. The number of fused-ring (bicyclic) bond motifs is 1. The molecule has 0 saturated carbocycles. The number of carbonyl (C=O) groups is 1. The number of esters is 1. The van der Waals surface area contributed by atoms with Crippen molar-refractivity contribution in [2.75, 3.05) is 26.2 Å². The number of hydrogen-bond donors (Lipinski definition) is 1. The molecular weight excluding hydrogens is 513 g/mol. The van der Waals surface area contributed by atoms with E-state index in [-0.39, 0.29) is 16.3 Å². The summed E-state index contributed by atoms with van der Waals surface area (Å²) in [7, 11) is 0. The highest BCUT2D eigenvalue weighted by Gasteiger charge is 2.15. The minimum Gasteiger partial charge on any atom is -0.462 e. The van der Waals surface area contributed by atoms with Crippen LogP contribution in [0.5, 0.6) is 0 Å². The number of hydrogen-bond acceptors (Lipinski definition) is 7. The third-order valence-corrected chi connectivity index (χ3v) is 7.28. The Hall–Kier alpha value is -2.92. The lowest BCUT2D eigenvalue weighted by atomic mass is 10.2. The predicted molar refractivity (Wildman–Crippen MR) is 152 cm³/mol. The van der Waals surface area contributed by atoms with Crippen LogP contribution >= 0.6 is 35.8 Å².